The van der Waals surface area contributed by atoms with Gasteiger partial charge < -0.3 is 5.32 Å². The number of rotatable bonds is 3. The molecule has 4 heteroatoms. The monoisotopic (exact) mass is 283 g/mol. The van der Waals surface area contributed by atoms with Crippen molar-refractivity contribution in [3.8, 4) is 0 Å². The standard InChI is InChI=1S/C17H21N3O/c1-4-12-5-7-13(8-6-12)14-9-16(21)19-17-15(14)10-18-20(17)11(2)3/h5-8,10-11,14H,4,9H2,1-3H3,(H,19,21)/t14-/m1/s1. The highest BCUT2D eigenvalue weighted by Gasteiger charge is 2.30. The van der Waals surface area contributed by atoms with Gasteiger partial charge in [0.05, 0.1) is 6.20 Å². The molecule has 4 nitrogen and oxygen atoms in total. The van der Waals surface area contributed by atoms with Crippen molar-refractivity contribution in [1.29, 1.82) is 0 Å². The molecular formula is C17H21N3O. The molecule has 0 unspecified atom stereocenters. The first-order valence-electron chi connectivity index (χ1n) is 7.56. The molecule has 0 fully saturated rings. The van der Waals surface area contributed by atoms with Crippen LogP contribution in [-0.4, -0.2) is 15.7 Å². The fraction of sp³-hybridized carbons (Fsp3) is 0.412. The second-order valence-electron chi connectivity index (χ2n) is 5.89. The van der Waals surface area contributed by atoms with Crippen LogP contribution < -0.4 is 5.32 Å². The number of nitrogens with zero attached hydrogens (tertiary/aromatic N) is 2. The Hall–Kier alpha value is -2.10. The van der Waals surface area contributed by atoms with E-state index in [9.17, 15) is 4.79 Å². The molecule has 0 radical (unpaired) electrons. The van der Waals surface area contributed by atoms with E-state index in [0.29, 0.717) is 6.42 Å². The maximum atomic E-state index is 12.1. The zero-order valence-corrected chi connectivity index (χ0v) is 12.8. The Bertz CT molecular complexity index is 655. The number of nitrogens with one attached hydrogen (secondary N) is 1. The molecule has 1 amide bonds. The summed E-state index contributed by atoms with van der Waals surface area (Å²) in [6.45, 7) is 6.28. The van der Waals surface area contributed by atoms with E-state index in [1.54, 1.807) is 0 Å². The predicted octanol–water partition coefficient (Wildman–Crippen LogP) is 3.50. The third-order valence-electron chi connectivity index (χ3n) is 4.13. The number of carbonyl (C=O) groups is 1. The summed E-state index contributed by atoms with van der Waals surface area (Å²) < 4.78 is 1.89. The predicted molar refractivity (Wildman–Crippen MR) is 83.5 cm³/mol. The van der Waals surface area contributed by atoms with E-state index in [-0.39, 0.29) is 17.9 Å². The van der Waals surface area contributed by atoms with Gasteiger partial charge in [0.15, 0.2) is 0 Å². The van der Waals surface area contributed by atoms with E-state index < -0.39 is 0 Å². The van der Waals surface area contributed by atoms with Crippen LogP contribution in [0.5, 0.6) is 0 Å². The van der Waals surface area contributed by atoms with E-state index in [0.717, 1.165) is 17.8 Å². The summed E-state index contributed by atoms with van der Waals surface area (Å²) in [4.78, 5) is 12.1. The van der Waals surface area contributed by atoms with Gasteiger partial charge in [-0.15, -0.1) is 0 Å². The molecule has 1 aromatic carbocycles. The van der Waals surface area contributed by atoms with Gasteiger partial charge in [-0.25, -0.2) is 4.68 Å². The van der Waals surface area contributed by atoms with Crippen LogP contribution in [0.1, 0.15) is 55.8 Å². The van der Waals surface area contributed by atoms with E-state index in [2.05, 4.69) is 55.5 Å². The van der Waals surface area contributed by atoms with Gasteiger partial charge >= 0.3 is 0 Å². The maximum Gasteiger partial charge on any atom is 0.226 e. The highest BCUT2D eigenvalue weighted by Crippen LogP contribution is 2.37. The molecule has 0 bridgehead atoms. The van der Waals surface area contributed by atoms with Crippen molar-refractivity contribution in [3.05, 3.63) is 47.2 Å². The Morgan fingerprint density at radius 1 is 1.33 bits per heavy atom. The lowest BCUT2D eigenvalue weighted by Gasteiger charge is -2.24. The average molecular weight is 283 g/mol. The molecule has 1 aliphatic rings. The third-order valence-corrected chi connectivity index (χ3v) is 4.13. The van der Waals surface area contributed by atoms with Crippen LogP contribution >= 0.6 is 0 Å². The second-order valence-corrected chi connectivity index (χ2v) is 5.89. The molecule has 2 heterocycles. The van der Waals surface area contributed by atoms with Gasteiger partial charge in [-0.1, -0.05) is 31.2 Å². The van der Waals surface area contributed by atoms with Crippen LogP contribution in [0.2, 0.25) is 0 Å². The van der Waals surface area contributed by atoms with Gasteiger partial charge in [0, 0.05) is 23.9 Å². The molecule has 1 N–H and O–H groups in total. The van der Waals surface area contributed by atoms with Crippen molar-refractivity contribution < 1.29 is 4.79 Å². The molecule has 1 aliphatic heterocycles. The van der Waals surface area contributed by atoms with Crippen molar-refractivity contribution in [1.82, 2.24) is 9.78 Å². The van der Waals surface area contributed by atoms with Crippen molar-refractivity contribution in [2.45, 2.75) is 45.6 Å². The number of benzene rings is 1. The number of anilines is 1. The van der Waals surface area contributed by atoms with Crippen LogP contribution in [-0.2, 0) is 11.2 Å². The minimum Gasteiger partial charge on any atom is -0.311 e. The number of carbonyl (C=O) groups excluding carboxylic acids is 1. The van der Waals surface area contributed by atoms with Crippen molar-refractivity contribution in [3.63, 3.8) is 0 Å². The first kappa shape index (κ1) is 13.9. The lowest BCUT2D eigenvalue weighted by Crippen LogP contribution is -2.25. The smallest absolute Gasteiger partial charge is 0.226 e. The minimum absolute atomic E-state index is 0.0643. The lowest BCUT2D eigenvalue weighted by molar-refractivity contribution is -0.116. The summed E-state index contributed by atoms with van der Waals surface area (Å²) >= 11 is 0. The van der Waals surface area contributed by atoms with Gasteiger partial charge in [-0.2, -0.15) is 5.10 Å². The van der Waals surface area contributed by atoms with Crippen LogP contribution in [0, 0.1) is 0 Å². The van der Waals surface area contributed by atoms with Gasteiger partial charge in [-0.3, -0.25) is 4.79 Å². The fourth-order valence-electron chi connectivity index (χ4n) is 2.91. The van der Waals surface area contributed by atoms with Gasteiger partial charge in [0.1, 0.15) is 5.82 Å². The van der Waals surface area contributed by atoms with Crippen molar-refractivity contribution in [2.24, 2.45) is 0 Å². The molecule has 0 aliphatic carbocycles. The average Bonchev–Trinajstić information content (AvgIpc) is 2.90. The molecule has 0 saturated carbocycles. The van der Waals surface area contributed by atoms with Gasteiger partial charge in [-0.05, 0) is 31.4 Å². The van der Waals surface area contributed by atoms with Gasteiger partial charge in [0.25, 0.3) is 0 Å². The third kappa shape index (κ3) is 2.46. The maximum absolute atomic E-state index is 12.1. The molecule has 0 saturated heterocycles. The molecule has 110 valence electrons. The van der Waals surface area contributed by atoms with Crippen molar-refractivity contribution in [2.75, 3.05) is 5.32 Å². The quantitative estimate of drug-likeness (QED) is 0.937. The first-order chi connectivity index (χ1) is 10.1. The summed E-state index contributed by atoms with van der Waals surface area (Å²) in [5.74, 6) is 1.02. The Kier molecular flexibility index (Phi) is 3.53. The fourth-order valence-corrected chi connectivity index (χ4v) is 2.91. The number of aromatic nitrogens is 2. The molecular weight excluding hydrogens is 262 g/mol. The number of hydrogen-bond donors (Lipinski definition) is 1. The van der Waals surface area contributed by atoms with E-state index in [4.69, 9.17) is 0 Å². The molecule has 0 spiro atoms. The van der Waals surface area contributed by atoms with E-state index in [1.807, 2.05) is 10.9 Å². The Labute approximate surface area is 125 Å². The summed E-state index contributed by atoms with van der Waals surface area (Å²) in [6, 6.07) is 8.80. The number of fused-ring (bicyclic) bond motifs is 1. The molecule has 1 atom stereocenters. The minimum atomic E-state index is 0.0643. The Morgan fingerprint density at radius 3 is 2.67 bits per heavy atom. The van der Waals surface area contributed by atoms with Crippen molar-refractivity contribution >= 4 is 11.7 Å². The first-order valence-corrected chi connectivity index (χ1v) is 7.56. The second kappa shape index (κ2) is 5.35. The number of aryl methyl sites for hydroxylation is 1. The normalized spacial score (nSPS) is 17.7. The Balaban J connectivity index is 2.02. The number of hydrogen-bond acceptors (Lipinski definition) is 2. The largest absolute Gasteiger partial charge is 0.311 e. The molecule has 2 aromatic rings. The van der Waals surface area contributed by atoms with Crippen LogP contribution in [0.25, 0.3) is 0 Å². The van der Waals surface area contributed by atoms with Crippen LogP contribution in [0.15, 0.2) is 30.5 Å². The summed E-state index contributed by atoms with van der Waals surface area (Å²) in [7, 11) is 0. The van der Waals surface area contributed by atoms with E-state index >= 15 is 0 Å². The summed E-state index contributed by atoms with van der Waals surface area (Å²) in [6.07, 6.45) is 3.41. The molecule has 21 heavy (non-hydrogen) atoms. The summed E-state index contributed by atoms with van der Waals surface area (Å²) in [5, 5.41) is 7.42. The zero-order valence-electron chi connectivity index (χ0n) is 12.8. The van der Waals surface area contributed by atoms with E-state index in [1.165, 1.54) is 11.1 Å². The molecule has 3 rings (SSSR count). The highest BCUT2D eigenvalue weighted by molar-refractivity contribution is 5.94. The molecule has 1 aromatic heterocycles. The zero-order chi connectivity index (χ0) is 15.0. The highest BCUT2D eigenvalue weighted by atomic mass is 16.1. The van der Waals surface area contributed by atoms with Gasteiger partial charge in [0.2, 0.25) is 5.91 Å². The lowest BCUT2D eigenvalue weighted by atomic mass is 9.87. The number of amides is 1. The van der Waals surface area contributed by atoms with Crippen LogP contribution in [0.3, 0.4) is 0 Å². The topological polar surface area (TPSA) is 46.9 Å². The Morgan fingerprint density at radius 2 is 2.05 bits per heavy atom. The summed E-state index contributed by atoms with van der Waals surface area (Å²) in [5.41, 5.74) is 3.62. The SMILES string of the molecule is CCc1ccc([C@H]2CC(=O)Nc3c2cnn3C(C)C)cc1. The van der Waals surface area contributed by atoms with Crippen LogP contribution in [0.4, 0.5) is 5.82 Å².